The first-order chi connectivity index (χ1) is 10.8. The normalized spacial score (nSPS) is 11.8. The molecule has 0 aliphatic heterocycles. The van der Waals surface area contributed by atoms with E-state index in [4.69, 9.17) is 0 Å². The van der Waals surface area contributed by atoms with Crippen molar-refractivity contribution in [3.8, 4) is 0 Å². The minimum Gasteiger partial charge on any atom is -0.0654 e. The first kappa shape index (κ1) is 19.5. The largest absolute Gasteiger partial charge is 0.0867 e. The topological polar surface area (TPSA) is 0 Å². The Morgan fingerprint density at radius 3 is 1.36 bits per heavy atom. The Morgan fingerprint density at radius 1 is 0.591 bits per heavy atom. The number of rotatable bonds is 13. The summed E-state index contributed by atoms with van der Waals surface area (Å²) >= 11 is 0. The summed E-state index contributed by atoms with van der Waals surface area (Å²) in [5.74, 6) is 0. The molecule has 0 radical (unpaired) electrons. The second-order valence-electron chi connectivity index (χ2n) is 7.02. The van der Waals surface area contributed by atoms with E-state index in [1.165, 1.54) is 75.9 Å². The van der Waals surface area contributed by atoms with Gasteiger partial charge in [-0.05, 0) is 0 Å². The van der Waals surface area contributed by atoms with Gasteiger partial charge in [-0.3, -0.25) is 0 Å². The van der Waals surface area contributed by atoms with E-state index in [1.54, 1.807) is 5.19 Å². The second-order valence-corrected chi connectivity index (χ2v) is 11.7. The van der Waals surface area contributed by atoms with Crippen molar-refractivity contribution >= 4 is 13.3 Å². The maximum Gasteiger partial charge on any atom is 0.0867 e. The van der Waals surface area contributed by atoms with E-state index < -0.39 is 8.07 Å². The van der Waals surface area contributed by atoms with Gasteiger partial charge in [0.15, 0.2) is 0 Å². The fraction of sp³-hybridized carbons (Fsp3) is 0.714. The molecule has 1 rings (SSSR count). The van der Waals surface area contributed by atoms with E-state index in [9.17, 15) is 0 Å². The summed E-state index contributed by atoms with van der Waals surface area (Å²) in [4.78, 5) is 0. The van der Waals surface area contributed by atoms with Gasteiger partial charge in [-0.25, -0.2) is 0 Å². The van der Waals surface area contributed by atoms with Crippen LogP contribution < -0.4 is 5.19 Å². The predicted octanol–water partition coefficient (Wildman–Crippen LogP) is 6.91. The first-order valence-corrected chi connectivity index (χ1v) is 12.5. The molecule has 0 nitrogen and oxygen atoms in total. The van der Waals surface area contributed by atoms with Crippen LogP contribution in [-0.2, 0) is 0 Å². The summed E-state index contributed by atoms with van der Waals surface area (Å²) < 4.78 is 0. The number of benzene rings is 1. The molecule has 0 saturated carbocycles. The van der Waals surface area contributed by atoms with Crippen LogP contribution in [0.5, 0.6) is 0 Å². The molecule has 0 saturated heterocycles. The standard InChI is InChI=1S/C21H38Si/c1-4-7-13-18-22(19-14-8-5-2,20-15-9-6-3)21-16-11-10-12-17-21/h10-12,16-17H,4-9,13-15,18-20H2,1-3H3. The molecule has 0 aliphatic rings. The summed E-state index contributed by atoms with van der Waals surface area (Å²) in [6.07, 6.45) is 12.7. The Labute approximate surface area is 140 Å². The van der Waals surface area contributed by atoms with Gasteiger partial charge >= 0.3 is 0 Å². The average molecular weight is 319 g/mol. The highest BCUT2D eigenvalue weighted by atomic mass is 28.3. The maximum absolute atomic E-state index is 2.45. The molecule has 1 aromatic rings. The lowest BCUT2D eigenvalue weighted by atomic mass is 10.3. The molecule has 0 heterocycles. The number of hydrogen-bond acceptors (Lipinski definition) is 0. The summed E-state index contributed by atoms with van der Waals surface area (Å²) in [6, 6.07) is 16.2. The molecule has 1 aromatic carbocycles. The Bertz CT molecular complexity index is 331. The molecule has 0 fully saturated rings. The summed E-state index contributed by atoms with van der Waals surface area (Å²) in [7, 11) is -1.28. The molecule has 0 atom stereocenters. The van der Waals surface area contributed by atoms with E-state index in [2.05, 4.69) is 51.1 Å². The Morgan fingerprint density at radius 2 is 1.00 bits per heavy atom. The summed E-state index contributed by atoms with van der Waals surface area (Å²) in [5, 5.41) is 1.75. The van der Waals surface area contributed by atoms with Gasteiger partial charge in [0, 0.05) is 0 Å². The highest BCUT2D eigenvalue weighted by Gasteiger charge is 2.32. The van der Waals surface area contributed by atoms with Crippen LogP contribution >= 0.6 is 0 Å². The monoisotopic (exact) mass is 318 g/mol. The van der Waals surface area contributed by atoms with Crippen molar-refractivity contribution in [1.29, 1.82) is 0 Å². The van der Waals surface area contributed by atoms with E-state index in [-0.39, 0.29) is 0 Å². The van der Waals surface area contributed by atoms with Gasteiger partial charge in [-0.1, -0.05) is 132 Å². The second kappa shape index (κ2) is 11.9. The van der Waals surface area contributed by atoms with E-state index >= 15 is 0 Å². The fourth-order valence-electron chi connectivity index (χ4n) is 3.74. The lowest BCUT2D eigenvalue weighted by Gasteiger charge is -2.33. The molecule has 0 bridgehead atoms. The summed E-state index contributed by atoms with van der Waals surface area (Å²) in [5.41, 5.74) is 0. The highest BCUT2D eigenvalue weighted by molar-refractivity contribution is 6.91. The van der Waals surface area contributed by atoms with Gasteiger partial charge in [0.2, 0.25) is 0 Å². The van der Waals surface area contributed by atoms with Gasteiger partial charge in [-0.2, -0.15) is 0 Å². The molecule has 22 heavy (non-hydrogen) atoms. The maximum atomic E-state index is 2.45. The van der Waals surface area contributed by atoms with Crippen molar-refractivity contribution in [3.63, 3.8) is 0 Å². The van der Waals surface area contributed by atoms with E-state index in [1.807, 2.05) is 0 Å². The third-order valence-electron chi connectivity index (χ3n) is 5.16. The zero-order chi connectivity index (χ0) is 16.1. The van der Waals surface area contributed by atoms with Crippen molar-refractivity contribution < 1.29 is 0 Å². The average Bonchev–Trinajstić information content (AvgIpc) is 2.56. The lowest BCUT2D eigenvalue weighted by Crippen LogP contribution is -2.47. The minimum absolute atomic E-state index is 1.28. The zero-order valence-corrected chi connectivity index (χ0v) is 16.4. The molecule has 0 amide bonds. The van der Waals surface area contributed by atoms with E-state index in [0.717, 1.165) is 0 Å². The quantitative estimate of drug-likeness (QED) is 0.274. The van der Waals surface area contributed by atoms with Crippen molar-refractivity contribution in [3.05, 3.63) is 30.3 Å². The molecule has 0 N–H and O–H groups in total. The molecule has 0 unspecified atom stereocenters. The zero-order valence-electron chi connectivity index (χ0n) is 15.4. The minimum atomic E-state index is -1.28. The Kier molecular flexibility index (Phi) is 10.6. The van der Waals surface area contributed by atoms with Crippen LogP contribution in [-0.4, -0.2) is 8.07 Å². The molecule has 1 heteroatoms. The smallest absolute Gasteiger partial charge is 0.0654 e. The molecule has 0 spiro atoms. The predicted molar refractivity (Wildman–Crippen MR) is 105 cm³/mol. The molecular weight excluding hydrogens is 280 g/mol. The van der Waals surface area contributed by atoms with Crippen LogP contribution in [0.4, 0.5) is 0 Å². The first-order valence-electron chi connectivity index (χ1n) is 9.84. The van der Waals surface area contributed by atoms with Crippen LogP contribution in [0, 0.1) is 0 Å². The van der Waals surface area contributed by atoms with Crippen LogP contribution in [0.1, 0.15) is 78.6 Å². The van der Waals surface area contributed by atoms with Gasteiger partial charge in [0.1, 0.15) is 0 Å². The van der Waals surface area contributed by atoms with Crippen LogP contribution in [0.3, 0.4) is 0 Å². The molecule has 0 aromatic heterocycles. The third kappa shape index (κ3) is 6.69. The number of hydrogen-bond donors (Lipinski definition) is 0. The van der Waals surface area contributed by atoms with Crippen LogP contribution in [0.2, 0.25) is 18.1 Å². The van der Waals surface area contributed by atoms with E-state index in [0.29, 0.717) is 0 Å². The highest BCUT2D eigenvalue weighted by Crippen LogP contribution is 2.29. The molecule has 0 aliphatic carbocycles. The SMILES string of the molecule is CCCCC[Si](CCCCC)(CCCCC)c1ccccc1. The van der Waals surface area contributed by atoms with Gasteiger partial charge in [-0.15, -0.1) is 0 Å². The Hall–Kier alpha value is -0.563. The lowest BCUT2D eigenvalue weighted by molar-refractivity contribution is 0.720. The van der Waals surface area contributed by atoms with Gasteiger partial charge in [0.05, 0.1) is 8.07 Å². The van der Waals surface area contributed by atoms with Gasteiger partial charge in [0.25, 0.3) is 0 Å². The van der Waals surface area contributed by atoms with Crippen molar-refractivity contribution in [2.24, 2.45) is 0 Å². The molecule has 126 valence electrons. The molecular formula is C21H38Si. The van der Waals surface area contributed by atoms with Crippen molar-refractivity contribution in [2.75, 3.05) is 0 Å². The summed E-state index contributed by atoms with van der Waals surface area (Å²) in [6.45, 7) is 7.00. The van der Waals surface area contributed by atoms with Crippen molar-refractivity contribution in [1.82, 2.24) is 0 Å². The number of unbranched alkanes of at least 4 members (excludes halogenated alkanes) is 6. The van der Waals surface area contributed by atoms with Crippen LogP contribution in [0.25, 0.3) is 0 Å². The fourth-order valence-corrected chi connectivity index (χ4v) is 9.04. The third-order valence-corrected chi connectivity index (χ3v) is 10.7. The van der Waals surface area contributed by atoms with Gasteiger partial charge < -0.3 is 0 Å². The Balaban J connectivity index is 2.88. The van der Waals surface area contributed by atoms with Crippen molar-refractivity contribution in [2.45, 2.75) is 96.7 Å². The van der Waals surface area contributed by atoms with Crippen LogP contribution in [0.15, 0.2) is 30.3 Å².